The number of amides is 2. The molecule has 30 heavy (non-hydrogen) atoms. The first kappa shape index (κ1) is 21.5. The highest BCUT2D eigenvalue weighted by Crippen LogP contribution is 2.33. The average Bonchev–Trinajstić information content (AvgIpc) is 2.69. The number of esters is 1. The second-order valence-electron chi connectivity index (χ2n) is 6.81. The van der Waals surface area contributed by atoms with Crippen LogP contribution in [0.4, 0.5) is 32.4 Å². The van der Waals surface area contributed by atoms with Gasteiger partial charge in [0.1, 0.15) is 0 Å². The maximum Gasteiger partial charge on any atom is 0.416 e. The van der Waals surface area contributed by atoms with Gasteiger partial charge in [-0.05, 0) is 42.0 Å². The molecule has 0 bridgehead atoms. The molecule has 0 N–H and O–H groups in total. The fraction of sp³-hybridized carbons (Fsp3) is 0.300. The minimum absolute atomic E-state index is 0.0896. The van der Waals surface area contributed by atoms with Crippen molar-refractivity contribution in [1.82, 2.24) is 4.90 Å². The van der Waals surface area contributed by atoms with Crippen LogP contribution in [-0.2, 0) is 17.5 Å². The first-order chi connectivity index (χ1) is 14.0. The molecule has 2 aromatic rings. The maximum atomic E-state index is 13.2. The Kier molecular flexibility index (Phi) is 5.69. The van der Waals surface area contributed by atoms with Crippen molar-refractivity contribution in [2.24, 2.45) is 0 Å². The number of urea groups is 1. The van der Waals surface area contributed by atoms with Gasteiger partial charge in [-0.2, -0.15) is 13.2 Å². The normalized spacial score (nSPS) is 15.3. The molecule has 0 spiro atoms. The second-order valence-corrected chi connectivity index (χ2v) is 6.81. The molecule has 0 aromatic heterocycles. The number of hydrogen-bond acceptors (Lipinski definition) is 3. The molecular formula is C20H17F5N2O3. The average molecular weight is 428 g/mol. The van der Waals surface area contributed by atoms with Gasteiger partial charge in [0.15, 0.2) is 0 Å². The lowest BCUT2D eigenvalue weighted by Crippen LogP contribution is -2.61. The van der Waals surface area contributed by atoms with Crippen molar-refractivity contribution in [3.63, 3.8) is 0 Å². The van der Waals surface area contributed by atoms with Gasteiger partial charge in [-0.15, -0.1) is 0 Å². The summed E-state index contributed by atoms with van der Waals surface area (Å²) in [6, 6.07) is 9.13. The van der Waals surface area contributed by atoms with Crippen molar-refractivity contribution in [3.05, 3.63) is 65.2 Å². The molecule has 0 atom stereocenters. The van der Waals surface area contributed by atoms with E-state index in [4.69, 9.17) is 0 Å². The highest BCUT2D eigenvalue weighted by molar-refractivity contribution is 5.93. The van der Waals surface area contributed by atoms with Crippen LogP contribution >= 0.6 is 0 Å². The third-order valence-electron chi connectivity index (χ3n) is 4.57. The summed E-state index contributed by atoms with van der Waals surface area (Å²) in [4.78, 5) is 26.3. The molecule has 1 fully saturated rings. The van der Waals surface area contributed by atoms with E-state index in [1.165, 1.54) is 19.2 Å². The number of alkyl halides is 5. The van der Waals surface area contributed by atoms with Crippen LogP contribution in [0.5, 0.6) is 0 Å². The summed E-state index contributed by atoms with van der Waals surface area (Å²) in [5.74, 6) is -3.54. The molecule has 3 rings (SSSR count). The van der Waals surface area contributed by atoms with Crippen molar-refractivity contribution < 1.29 is 36.3 Å². The van der Waals surface area contributed by atoms with E-state index < -0.39 is 42.8 Å². The monoisotopic (exact) mass is 428 g/mol. The summed E-state index contributed by atoms with van der Waals surface area (Å²) in [6.45, 7) is -1.61. The number of methoxy groups -OCH3 is 1. The molecule has 0 aliphatic carbocycles. The summed E-state index contributed by atoms with van der Waals surface area (Å²) < 4.78 is 69.5. The smallest absolute Gasteiger partial charge is 0.416 e. The Morgan fingerprint density at radius 2 is 1.60 bits per heavy atom. The lowest BCUT2D eigenvalue weighted by molar-refractivity contribution is -0.137. The zero-order valence-corrected chi connectivity index (χ0v) is 15.7. The molecule has 0 radical (unpaired) electrons. The fourth-order valence-electron chi connectivity index (χ4n) is 2.96. The van der Waals surface area contributed by atoms with Gasteiger partial charge in [-0.25, -0.2) is 18.4 Å². The topological polar surface area (TPSA) is 49.9 Å². The van der Waals surface area contributed by atoms with Gasteiger partial charge in [0, 0.05) is 5.69 Å². The van der Waals surface area contributed by atoms with Crippen LogP contribution in [0.1, 0.15) is 21.5 Å². The minimum Gasteiger partial charge on any atom is -0.465 e. The van der Waals surface area contributed by atoms with Crippen molar-refractivity contribution in [2.75, 3.05) is 25.1 Å². The molecule has 5 nitrogen and oxygen atoms in total. The number of benzene rings is 2. The molecule has 1 saturated heterocycles. The number of anilines is 1. The number of carbonyl (C=O) groups excluding carboxylic acids is 2. The van der Waals surface area contributed by atoms with E-state index in [9.17, 15) is 31.5 Å². The van der Waals surface area contributed by atoms with Gasteiger partial charge >= 0.3 is 18.2 Å². The van der Waals surface area contributed by atoms with Gasteiger partial charge in [0.05, 0.1) is 37.9 Å². The third-order valence-corrected chi connectivity index (χ3v) is 4.57. The molecule has 10 heteroatoms. The third kappa shape index (κ3) is 4.69. The summed E-state index contributed by atoms with van der Waals surface area (Å²) >= 11 is 0. The van der Waals surface area contributed by atoms with E-state index in [0.29, 0.717) is 5.56 Å². The fourth-order valence-corrected chi connectivity index (χ4v) is 2.96. The number of hydrogen-bond donors (Lipinski definition) is 0. The number of rotatable bonds is 4. The van der Waals surface area contributed by atoms with Crippen molar-refractivity contribution in [1.29, 1.82) is 0 Å². The number of carbonyl (C=O) groups is 2. The van der Waals surface area contributed by atoms with Gasteiger partial charge in [-0.1, -0.05) is 12.1 Å². The Morgan fingerprint density at radius 3 is 2.07 bits per heavy atom. The van der Waals surface area contributed by atoms with Crippen LogP contribution < -0.4 is 4.90 Å². The Balaban J connectivity index is 1.86. The molecule has 1 aliphatic rings. The summed E-state index contributed by atoms with van der Waals surface area (Å²) in [5, 5.41) is 0. The molecule has 2 aromatic carbocycles. The molecule has 160 valence electrons. The molecule has 0 unspecified atom stereocenters. The molecule has 1 heterocycles. The molecule has 0 saturated carbocycles. The van der Waals surface area contributed by atoms with E-state index in [1.807, 2.05) is 0 Å². The van der Waals surface area contributed by atoms with Crippen LogP contribution in [0.3, 0.4) is 0 Å². The quantitative estimate of drug-likeness (QED) is 0.530. The highest BCUT2D eigenvalue weighted by atomic mass is 19.4. The van der Waals surface area contributed by atoms with Crippen molar-refractivity contribution in [2.45, 2.75) is 18.6 Å². The van der Waals surface area contributed by atoms with E-state index in [0.717, 1.165) is 34.1 Å². The number of ether oxygens (including phenoxy) is 1. The predicted octanol–water partition coefficient (Wildman–Crippen LogP) is 4.57. The van der Waals surface area contributed by atoms with Gasteiger partial charge in [0.2, 0.25) is 0 Å². The van der Waals surface area contributed by atoms with Crippen LogP contribution in [0, 0.1) is 0 Å². The molecule has 2 amide bonds. The van der Waals surface area contributed by atoms with Crippen molar-refractivity contribution >= 4 is 17.7 Å². The highest BCUT2D eigenvalue weighted by Gasteiger charge is 2.47. The number of likely N-dealkylation sites (tertiary alicyclic amines) is 1. The van der Waals surface area contributed by atoms with Crippen LogP contribution in [0.25, 0.3) is 0 Å². The first-order valence-electron chi connectivity index (χ1n) is 8.79. The predicted molar refractivity (Wildman–Crippen MR) is 97.3 cm³/mol. The SMILES string of the molecule is COC(=O)c1ccc(CN(C(=O)N2CC(F)(F)C2)c2ccc(C(F)(F)F)cc2)cc1. The lowest BCUT2D eigenvalue weighted by Gasteiger charge is -2.41. The van der Waals surface area contributed by atoms with E-state index in [2.05, 4.69) is 4.74 Å². The van der Waals surface area contributed by atoms with E-state index in [1.54, 1.807) is 12.1 Å². The Morgan fingerprint density at radius 1 is 1.03 bits per heavy atom. The summed E-state index contributed by atoms with van der Waals surface area (Å²) in [5.41, 5.74) is 0.0519. The Labute approximate surface area is 168 Å². The Bertz CT molecular complexity index is 919. The zero-order valence-electron chi connectivity index (χ0n) is 15.7. The van der Waals surface area contributed by atoms with Crippen LogP contribution in [0.2, 0.25) is 0 Å². The standard InChI is InChI=1S/C20H17F5N2O3/c1-30-17(28)14-4-2-13(3-5-14)10-27(18(29)26-11-19(21,22)12-26)16-8-6-15(7-9-16)20(23,24)25/h2-9H,10-12H2,1H3. The Hall–Kier alpha value is -3.17. The van der Waals surface area contributed by atoms with Gasteiger partial charge in [0.25, 0.3) is 5.92 Å². The summed E-state index contributed by atoms with van der Waals surface area (Å²) in [7, 11) is 1.23. The molecular weight excluding hydrogens is 411 g/mol. The van der Waals surface area contributed by atoms with Crippen LogP contribution in [0.15, 0.2) is 48.5 Å². The number of halogens is 5. The van der Waals surface area contributed by atoms with E-state index in [-0.39, 0.29) is 17.8 Å². The largest absolute Gasteiger partial charge is 0.465 e. The first-order valence-corrected chi connectivity index (χ1v) is 8.79. The second kappa shape index (κ2) is 7.92. The van der Waals surface area contributed by atoms with Crippen molar-refractivity contribution in [3.8, 4) is 0 Å². The van der Waals surface area contributed by atoms with Crippen LogP contribution in [-0.4, -0.2) is 43.0 Å². The van der Waals surface area contributed by atoms with Gasteiger partial charge < -0.3 is 9.64 Å². The van der Waals surface area contributed by atoms with E-state index >= 15 is 0 Å². The lowest BCUT2D eigenvalue weighted by atomic mass is 10.1. The van der Waals surface area contributed by atoms with Gasteiger partial charge in [-0.3, -0.25) is 4.90 Å². The summed E-state index contributed by atoms with van der Waals surface area (Å²) in [6.07, 6.45) is -4.55. The maximum absolute atomic E-state index is 13.2. The minimum atomic E-state index is -4.55. The zero-order chi connectivity index (χ0) is 22.1. The number of nitrogens with zero attached hydrogens (tertiary/aromatic N) is 2. The molecule has 1 aliphatic heterocycles.